The van der Waals surface area contributed by atoms with Crippen molar-refractivity contribution in [3.05, 3.63) is 65.4 Å². The van der Waals surface area contributed by atoms with Crippen LogP contribution >= 0.6 is 0 Å². The third-order valence-electron chi connectivity index (χ3n) is 4.11. The molecule has 10 heteroatoms. The van der Waals surface area contributed by atoms with Crippen LogP contribution in [0, 0.1) is 11.6 Å². The van der Waals surface area contributed by atoms with Gasteiger partial charge in [-0.3, -0.25) is 9.59 Å². The fourth-order valence-corrected chi connectivity index (χ4v) is 2.62. The summed E-state index contributed by atoms with van der Waals surface area (Å²) in [6, 6.07) is 9.51. The summed E-state index contributed by atoms with van der Waals surface area (Å²) in [6.45, 7) is 0.937. The van der Waals surface area contributed by atoms with Gasteiger partial charge in [0.05, 0.1) is 0 Å². The Morgan fingerprint density at radius 2 is 1.73 bits per heavy atom. The molecular formula is C20H19F2N5O3. The van der Waals surface area contributed by atoms with Crippen molar-refractivity contribution in [3.8, 4) is 11.5 Å². The van der Waals surface area contributed by atoms with E-state index in [2.05, 4.69) is 15.6 Å². The monoisotopic (exact) mass is 415 g/mol. The van der Waals surface area contributed by atoms with E-state index in [1.165, 1.54) is 6.07 Å². The molecule has 0 aliphatic heterocycles. The number of hydrogen-bond acceptors (Lipinski definition) is 6. The zero-order valence-corrected chi connectivity index (χ0v) is 15.7. The quantitative estimate of drug-likeness (QED) is 0.418. The Labute approximate surface area is 170 Å². The van der Waals surface area contributed by atoms with Gasteiger partial charge in [-0.1, -0.05) is 6.07 Å². The summed E-state index contributed by atoms with van der Waals surface area (Å²) in [7, 11) is 0. The van der Waals surface area contributed by atoms with Crippen LogP contribution in [-0.4, -0.2) is 29.9 Å². The molecule has 0 radical (unpaired) electrons. The highest BCUT2D eigenvalue weighted by Gasteiger charge is 2.23. The first-order valence-corrected chi connectivity index (χ1v) is 9.01. The van der Waals surface area contributed by atoms with E-state index in [1.54, 1.807) is 24.3 Å². The molecule has 8 nitrogen and oxygen atoms in total. The summed E-state index contributed by atoms with van der Waals surface area (Å²) in [5.41, 5.74) is 10.7. The van der Waals surface area contributed by atoms with Crippen LogP contribution in [-0.2, 0) is 0 Å². The molecule has 2 amide bonds. The average molecular weight is 415 g/mol. The first-order valence-electron chi connectivity index (χ1n) is 9.01. The first-order chi connectivity index (χ1) is 14.4. The van der Waals surface area contributed by atoms with Crippen LogP contribution in [0.2, 0.25) is 0 Å². The fourth-order valence-electron chi connectivity index (χ4n) is 2.62. The molecule has 2 aromatic carbocycles. The molecule has 3 rings (SSSR count). The summed E-state index contributed by atoms with van der Waals surface area (Å²) in [6.07, 6.45) is 0.664. The minimum atomic E-state index is -0.944. The van der Waals surface area contributed by atoms with Crippen molar-refractivity contribution in [1.29, 1.82) is 0 Å². The molecule has 0 bridgehead atoms. The molecule has 0 aliphatic rings. The van der Waals surface area contributed by atoms with Crippen molar-refractivity contribution in [2.45, 2.75) is 6.42 Å². The number of nitrogens with one attached hydrogen (secondary N) is 2. The molecule has 3 aromatic rings. The molecule has 1 heterocycles. The summed E-state index contributed by atoms with van der Waals surface area (Å²) in [4.78, 5) is 27.6. The van der Waals surface area contributed by atoms with E-state index in [0.717, 1.165) is 12.1 Å². The lowest BCUT2D eigenvalue weighted by atomic mass is 10.2. The van der Waals surface area contributed by atoms with Gasteiger partial charge < -0.3 is 26.5 Å². The maximum Gasteiger partial charge on any atom is 0.273 e. The van der Waals surface area contributed by atoms with E-state index in [0.29, 0.717) is 30.8 Å². The number of nitrogens with zero attached hydrogens (tertiary/aromatic N) is 1. The minimum absolute atomic E-state index is 0.180. The average Bonchev–Trinajstić information content (AvgIpc) is 3.12. The van der Waals surface area contributed by atoms with Gasteiger partial charge in [0.15, 0.2) is 5.69 Å². The number of hydrogen-bond donors (Lipinski definition) is 4. The third kappa shape index (κ3) is 4.61. The molecule has 0 aliphatic carbocycles. The van der Waals surface area contributed by atoms with Gasteiger partial charge in [-0.05, 0) is 49.4 Å². The maximum absolute atomic E-state index is 14.0. The topological polar surface area (TPSA) is 136 Å². The van der Waals surface area contributed by atoms with E-state index in [-0.39, 0.29) is 17.5 Å². The highest BCUT2D eigenvalue weighted by atomic mass is 19.1. The number of benzene rings is 2. The third-order valence-corrected chi connectivity index (χ3v) is 4.11. The molecule has 1 aromatic heterocycles. The second-order valence-corrected chi connectivity index (χ2v) is 6.26. The SMILES string of the molecule is NCCCNC(=O)c1ccc(Nc2oc(-c3c(F)cccc3F)nc2C(N)=O)cc1. The molecule has 6 N–H and O–H groups in total. The number of aromatic nitrogens is 1. The largest absolute Gasteiger partial charge is 0.419 e. The Morgan fingerprint density at radius 1 is 1.07 bits per heavy atom. The van der Waals surface area contributed by atoms with Gasteiger partial charge in [-0.15, -0.1) is 0 Å². The molecule has 0 saturated carbocycles. The van der Waals surface area contributed by atoms with Gasteiger partial charge in [0.1, 0.15) is 17.2 Å². The van der Waals surface area contributed by atoms with Crippen molar-refractivity contribution < 1.29 is 22.8 Å². The number of amides is 2. The van der Waals surface area contributed by atoms with Crippen LogP contribution in [0.4, 0.5) is 20.4 Å². The van der Waals surface area contributed by atoms with Crippen LogP contribution in [0.1, 0.15) is 27.3 Å². The van der Waals surface area contributed by atoms with Crippen molar-refractivity contribution >= 4 is 23.4 Å². The molecule has 0 atom stereocenters. The smallest absolute Gasteiger partial charge is 0.273 e. The van der Waals surface area contributed by atoms with Crippen LogP contribution in [0.5, 0.6) is 0 Å². The molecule has 30 heavy (non-hydrogen) atoms. The molecule has 0 unspecified atom stereocenters. The van der Waals surface area contributed by atoms with E-state index in [1.807, 2.05) is 0 Å². The van der Waals surface area contributed by atoms with Crippen molar-refractivity contribution in [3.63, 3.8) is 0 Å². The Hall–Kier alpha value is -3.79. The molecular weight excluding hydrogens is 396 g/mol. The van der Waals surface area contributed by atoms with Gasteiger partial charge in [0.25, 0.3) is 11.8 Å². The Morgan fingerprint density at radius 3 is 2.33 bits per heavy atom. The minimum Gasteiger partial charge on any atom is -0.419 e. The number of oxazole rings is 1. The van der Waals surface area contributed by atoms with Gasteiger partial charge in [-0.25, -0.2) is 13.8 Å². The van der Waals surface area contributed by atoms with Crippen LogP contribution in [0.3, 0.4) is 0 Å². The summed E-state index contributed by atoms with van der Waals surface area (Å²) >= 11 is 0. The molecule has 0 saturated heterocycles. The number of carbonyl (C=O) groups excluding carboxylic acids is 2. The summed E-state index contributed by atoms with van der Waals surface area (Å²) in [5.74, 6) is -3.62. The number of anilines is 2. The lowest BCUT2D eigenvalue weighted by molar-refractivity contribution is 0.0952. The van der Waals surface area contributed by atoms with Crippen LogP contribution in [0.25, 0.3) is 11.5 Å². The van der Waals surface area contributed by atoms with E-state index in [9.17, 15) is 18.4 Å². The number of carbonyl (C=O) groups is 2. The Balaban J connectivity index is 1.83. The molecule has 156 valence electrons. The standard InChI is InChI=1S/C20H19F2N5O3/c21-13-3-1-4-14(22)15(13)19-27-16(17(24)28)20(30-19)26-12-7-5-11(6-8-12)18(29)25-10-2-9-23/h1,3-8,26H,2,9-10,23H2,(H2,24,28)(H,25,29). The van der Waals surface area contributed by atoms with Crippen molar-refractivity contribution in [1.82, 2.24) is 10.3 Å². The lowest BCUT2D eigenvalue weighted by Gasteiger charge is -2.07. The number of primary amides is 1. The first kappa shape index (κ1) is 20.9. The summed E-state index contributed by atoms with van der Waals surface area (Å²) in [5, 5.41) is 5.50. The van der Waals surface area contributed by atoms with Gasteiger partial charge in [-0.2, -0.15) is 0 Å². The van der Waals surface area contributed by atoms with Crippen molar-refractivity contribution in [2.24, 2.45) is 11.5 Å². The van der Waals surface area contributed by atoms with Gasteiger partial charge >= 0.3 is 0 Å². The van der Waals surface area contributed by atoms with Crippen LogP contribution in [0.15, 0.2) is 46.9 Å². The Kier molecular flexibility index (Phi) is 6.38. The number of nitrogens with two attached hydrogens (primary N) is 2. The highest BCUT2D eigenvalue weighted by molar-refractivity contribution is 5.97. The lowest BCUT2D eigenvalue weighted by Crippen LogP contribution is -2.25. The van der Waals surface area contributed by atoms with E-state index >= 15 is 0 Å². The molecule has 0 spiro atoms. The second-order valence-electron chi connectivity index (χ2n) is 6.26. The predicted molar refractivity (Wildman–Crippen MR) is 106 cm³/mol. The predicted octanol–water partition coefficient (Wildman–Crippen LogP) is 2.54. The van der Waals surface area contributed by atoms with Gasteiger partial charge in [0.2, 0.25) is 11.8 Å². The zero-order valence-electron chi connectivity index (χ0n) is 15.7. The highest BCUT2D eigenvalue weighted by Crippen LogP contribution is 2.31. The van der Waals surface area contributed by atoms with E-state index in [4.69, 9.17) is 15.9 Å². The van der Waals surface area contributed by atoms with Gasteiger partial charge in [0, 0.05) is 17.8 Å². The number of halogens is 2. The van der Waals surface area contributed by atoms with E-state index < -0.39 is 29.0 Å². The zero-order chi connectivity index (χ0) is 21.7. The second kappa shape index (κ2) is 9.14. The molecule has 0 fully saturated rings. The Bertz CT molecular complexity index is 1050. The normalized spacial score (nSPS) is 10.6. The fraction of sp³-hybridized carbons (Fsp3) is 0.150. The van der Waals surface area contributed by atoms with Crippen molar-refractivity contribution in [2.75, 3.05) is 18.4 Å². The number of rotatable bonds is 8. The van der Waals surface area contributed by atoms with Crippen LogP contribution < -0.4 is 22.1 Å². The summed E-state index contributed by atoms with van der Waals surface area (Å²) < 4.78 is 33.4. The maximum atomic E-state index is 14.0.